The Labute approximate surface area is 144 Å². The highest BCUT2D eigenvalue weighted by atomic mass is 32.2. The van der Waals surface area contributed by atoms with Gasteiger partial charge in [-0.1, -0.05) is 17.3 Å². The van der Waals surface area contributed by atoms with E-state index in [1.54, 1.807) is 49.4 Å². The highest BCUT2D eigenvalue weighted by molar-refractivity contribution is 7.92. The van der Waals surface area contributed by atoms with E-state index in [0.717, 1.165) is 0 Å². The SMILES string of the molecule is Cc1noc(C)c1S(=O)(=O)Nc1ccc(Nc2ccccc2F)cc1. The molecule has 3 aromatic rings. The van der Waals surface area contributed by atoms with Gasteiger partial charge in [-0.05, 0) is 50.2 Å². The van der Waals surface area contributed by atoms with Crippen molar-refractivity contribution in [3.05, 3.63) is 65.8 Å². The van der Waals surface area contributed by atoms with Crippen LogP contribution in [0, 0.1) is 19.7 Å². The zero-order chi connectivity index (χ0) is 18.0. The first-order valence-electron chi connectivity index (χ1n) is 7.44. The van der Waals surface area contributed by atoms with Crippen LogP contribution >= 0.6 is 0 Å². The van der Waals surface area contributed by atoms with Gasteiger partial charge in [-0.3, -0.25) is 4.72 Å². The van der Waals surface area contributed by atoms with Gasteiger partial charge in [0.2, 0.25) is 0 Å². The number of para-hydroxylation sites is 1. The van der Waals surface area contributed by atoms with Gasteiger partial charge in [0.05, 0.1) is 5.69 Å². The van der Waals surface area contributed by atoms with Crippen molar-refractivity contribution in [1.29, 1.82) is 0 Å². The minimum atomic E-state index is -3.80. The van der Waals surface area contributed by atoms with Crippen molar-refractivity contribution >= 4 is 27.1 Å². The summed E-state index contributed by atoms with van der Waals surface area (Å²) in [5, 5.41) is 6.58. The Morgan fingerprint density at radius 1 is 1.00 bits per heavy atom. The summed E-state index contributed by atoms with van der Waals surface area (Å²) in [5.41, 5.74) is 1.64. The Kier molecular flexibility index (Phi) is 4.45. The normalized spacial score (nSPS) is 11.3. The maximum Gasteiger partial charge on any atom is 0.267 e. The molecule has 0 spiro atoms. The quantitative estimate of drug-likeness (QED) is 0.718. The molecule has 0 saturated carbocycles. The van der Waals surface area contributed by atoms with Crippen LogP contribution in [-0.4, -0.2) is 13.6 Å². The molecule has 0 amide bonds. The highest BCUT2D eigenvalue weighted by Crippen LogP contribution is 2.24. The van der Waals surface area contributed by atoms with E-state index in [0.29, 0.717) is 22.8 Å². The summed E-state index contributed by atoms with van der Waals surface area (Å²) in [6.45, 7) is 3.10. The van der Waals surface area contributed by atoms with Crippen molar-refractivity contribution in [3.8, 4) is 0 Å². The molecule has 130 valence electrons. The predicted octanol–water partition coefficient (Wildman–Crippen LogP) is 3.97. The number of aromatic nitrogens is 1. The number of hydrogen-bond donors (Lipinski definition) is 2. The van der Waals surface area contributed by atoms with E-state index < -0.39 is 10.0 Å². The first-order valence-corrected chi connectivity index (χ1v) is 8.92. The van der Waals surface area contributed by atoms with Crippen molar-refractivity contribution in [2.45, 2.75) is 18.7 Å². The smallest absolute Gasteiger partial charge is 0.267 e. The molecule has 2 aromatic carbocycles. The molecule has 3 rings (SSSR count). The molecule has 0 bridgehead atoms. The van der Waals surface area contributed by atoms with E-state index in [4.69, 9.17) is 4.52 Å². The average Bonchev–Trinajstić information content (AvgIpc) is 2.91. The number of aryl methyl sites for hydroxylation is 2. The number of hydrogen-bond acceptors (Lipinski definition) is 5. The maximum absolute atomic E-state index is 13.6. The Hall–Kier alpha value is -2.87. The minimum absolute atomic E-state index is 0.0288. The molecule has 1 heterocycles. The van der Waals surface area contributed by atoms with Gasteiger partial charge in [-0.25, -0.2) is 12.8 Å². The fraction of sp³-hybridized carbons (Fsp3) is 0.118. The van der Waals surface area contributed by atoms with E-state index in [1.165, 1.54) is 13.0 Å². The Balaban J connectivity index is 1.78. The molecule has 25 heavy (non-hydrogen) atoms. The predicted molar refractivity (Wildman–Crippen MR) is 92.9 cm³/mol. The Bertz CT molecular complexity index is 979. The Morgan fingerprint density at radius 2 is 1.64 bits per heavy atom. The lowest BCUT2D eigenvalue weighted by Crippen LogP contribution is -2.14. The third-order valence-corrected chi connectivity index (χ3v) is 5.15. The summed E-state index contributed by atoms with van der Waals surface area (Å²) >= 11 is 0. The lowest BCUT2D eigenvalue weighted by molar-refractivity contribution is 0.390. The molecule has 0 fully saturated rings. The largest absolute Gasteiger partial charge is 0.360 e. The highest BCUT2D eigenvalue weighted by Gasteiger charge is 2.24. The van der Waals surface area contributed by atoms with Crippen LogP contribution in [0.2, 0.25) is 0 Å². The van der Waals surface area contributed by atoms with Crippen LogP contribution in [0.5, 0.6) is 0 Å². The van der Waals surface area contributed by atoms with Crippen LogP contribution in [0.3, 0.4) is 0 Å². The number of rotatable bonds is 5. The zero-order valence-corrected chi connectivity index (χ0v) is 14.4. The number of sulfonamides is 1. The summed E-state index contributed by atoms with van der Waals surface area (Å²) in [4.78, 5) is 0.0288. The van der Waals surface area contributed by atoms with Crippen LogP contribution in [0.15, 0.2) is 57.9 Å². The molecule has 0 aliphatic heterocycles. The first kappa shape index (κ1) is 17.0. The van der Waals surface area contributed by atoms with Gasteiger partial charge in [0, 0.05) is 11.4 Å². The zero-order valence-electron chi connectivity index (χ0n) is 13.6. The van der Waals surface area contributed by atoms with Gasteiger partial charge >= 0.3 is 0 Å². The summed E-state index contributed by atoms with van der Waals surface area (Å²) in [6.07, 6.45) is 0. The molecule has 8 heteroatoms. The van der Waals surface area contributed by atoms with Gasteiger partial charge in [0.1, 0.15) is 11.5 Å². The second-order valence-corrected chi connectivity index (χ2v) is 7.06. The van der Waals surface area contributed by atoms with Crippen molar-refractivity contribution in [3.63, 3.8) is 0 Å². The monoisotopic (exact) mass is 361 g/mol. The lowest BCUT2D eigenvalue weighted by Gasteiger charge is -2.10. The Morgan fingerprint density at radius 3 is 2.24 bits per heavy atom. The molecule has 0 radical (unpaired) electrons. The second-order valence-electron chi connectivity index (χ2n) is 5.44. The third kappa shape index (κ3) is 3.63. The standard InChI is InChI=1S/C17H16FN3O3S/c1-11-17(12(2)24-20-11)25(22,23)21-14-9-7-13(8-10-14)19-16-6-4-3-5-15(16)18/h3-10,19,21H,1-2H3. The average molecular weight is 361 g/mol. The number of anilines is 3. The van der Waals surface area contributed by atoms with Crippen molar-refractivity contribution in [2.24, 2.45) is 0 Å². The second kappa shape index (κ2) is 6.56. The molecule has 1 aromatic heterocycles. The van der Waals surface area contributed by atoms with Gasteiger partial charge in [-0.15, -0.1) is 0 Å². The molecule has 0 aliphatic rings. The molecule has 0 atom stereocenters. The molecule has 0 unspecified atom stereocenters. The van der Waals surface area contributed by atoms with Crippen LogP contribution in [-0.2, 0) is 10.0 Å². The summed E-state index contributed by atoms with van der Waals surface area (Å²) in [5.74, 6) is -0.145. The maximum atomic E-state index is 13.6. The molecule has 2 N–H and O–H groups in total. The van der Waals surface area contributed by atoms with Crippen molar-refractivity contribution in [1.82, 2.24) is 5.16 Å². The van der Waals surface area contributed by atoms with Gasteiger partial charge in [0.15, 0.2) is 10.7 Å². The summed E-state index contributed by atoms with van der Waals surface area (Å²) in [6, 6.07) is 12.8. The molecule has 0 saturated heterocycles. The fourth-order valence-electron chi connectivity index (χ4n) is 2.40. The number of benzene rings is 2. The molecular formula is C17H16FN3O3S. The van der Waals surface area contributed by atoms with Crippen LogP contribution in [0.25, 0.3) is 0 Å². The topological polar surface area (TPSA) is 84.2 Å². The van der Waals surface area contributed by atoms with E-state index in [1.807, 2.05) is 0 Å². The van der Waals surface area contributed by atoms with Crippen molar-refractivity contribution < 1.29 is 17.3 Å². The summed E-state index contributed by atoms with van der Waals surface area (Å²) in [7, 11) is -3.80. The van der Waals surface area contributed by atoms with Crippen molar-refractivity contribution in [2.75, 3.05) is 10.0 Å². The van der Waals surface area contributed by atoms with Gasteiger partial charge < -0.3 is 9.84 Å². The van der Waals surface area contributed by atoms with E-state index >= 15 is 0 Å². The fourth-order valence-corrected chi connectivity index (χ4v) is 3.79. The minimum Gasteiger partial charge on any atom is -0.360 e. The van der Waals surface area contributed by atoms with Crippen LogP contribution in [0.1, 0.15) is 11.5 Å². The van der Waals surface area contributed by atoms with E-state index in [9.17, 15) is 12.8 Å². The van der Waals surface area contributed by atoms with Gasteiger partial charge in [0.25, 0.3) is 10.0 Å². The number of nitrogens with zero attached hydrogens (tertiary/aromatic N) is 1. The molecular weight excluding hydrogens is 345 g/mol. The number of halogens is 1. The molecule has 0 aliphatic carbocycles. The van der Waals surface area contributed by atoms with E-state index in [-0.39, 0.29) is 16.5 Å². The summed E-state index contributed by atoms with van der Waals surface area (Å²) < 4.78 is 45.9. The lowest BCUT2D eigenvalue weighted by atomic mass is 10.2. The van der Waals surface area contributed by atoms with Crippen LogP contribution in [0.4, 0.5) is 21.5 Å². The third-order valence-electron chi connectivity index (χ3n) is 3.53. The van der Waals surface area contributed by atoms with E-state index in [2.05, 4.69) is 15.2 Å². The number of nitrogens with one attached hydrogen (secondary N) is 2. The van der Waals surface area contributed by atoms with Crippen LogP contribution < -0.4 is 10.0 Å². The first-order chi connectivity index (χ1) is 11.9. The van der Waals surface area contributed by atoms with Gasteiger partial charge in [-0.2, -0.15) is 0 Å². The molecule has 6 nitrogen and oxygen atoms in total.